The number of rotatable bonds is 5. The summed E-state index contributed by atoms with van der Waals surface area (Å²) in [4.78, 5) is 18.0. The molecule has 0 spiro atoms. The van der Waals surface area contributed by atoms with Crippen LogP contribution in [0.25, 0.3) is 10.8 Å². The van der Waals surface area contributed by atoms with E-state index in [9.17, 15) is 4.79 Å². The van der Waals surface area contributed by atoms with E-state index in [1.54, 1.807) is 11.3 Å². The van der Waals surface area contributed by atoms with E-state index in [0.717, 1.165) is 31.1 Å². The van der Waals surface area contributed by atoms with Crippen LogP contribution in [0, 0.1) is 0 Å². The van der Waals surface area contributed by atoms with Crippen LogP contribution in [0.5, 0.6) is 0 Å². The Morgan fingerprint density at radius 2 is 1.89 bits per heavy atom. The molecule has 1 atom stereocenters. The second kappa shape index (κ2) is 8.14. The molecule has 1 aliphatic heterocycles. The van der Waals surface area contributed by atoms with Crippen LogP contribution in [0.3, 0.4) is 0 Å². The van der Waals surface area contributed by atoms with Crippen molar-refractivity contribution < 1.29 is 9.21 Å². The number of amides is 1. The van der Waals surface area contributed by atoms with E-state index in [1.165, 1.54) is 17.4 Å². The first-order valence-corrected chi connectivity index (χ1v) is 10.6. The highest BCUT2D eigenvalue weighted by Crippen LogP contribution is 2.29. The number of anilines is 1. The molecule has 0 aliphatic carbocycles. The van der Waals surface area contributed by atoms with Gasteiger partial charge in [0.2, 0.25) is 5.91 Å². The van der Waals surface area contributed by atoms with Gasteiger partial charge in [0.15, 0.2) is 0 Å². The fourth-order valence-electron chi connectivity index (χ4n) is 3.04. The van der Waals surface area contributed by atoms with Gasteiger partial charge in [0.05, 0.1) is 10.1 Å². The van der Waals surface area contributed by atoms with Crippen molar-refractivity contribution >= 4 is 34.7 Å². The molecule has 1 aliphatic rings. The van der Waals surface area contributed by atoms with Crippen LogP contribution in [0.2, 0.25) is 0 Å². The Hall–Kier alpha value is -2.32. The van der Waals surface area contributed by atoms with Gasteiger partial charge >= 0.3 is 0 Å². The quantitative estimate of drug-likeness (QED) is 0.610. The molecule has 1 amide bonds. The minimum Gasteiger partial charge on any atom is -0.410 e. The summed E-state index contributed by atoms with van der Waals surface area (Å²) in [6.45, 7) is 5.03. The number of hydrogen-bond acceptors (Lipinski definition) is 7. The molecule has 8 heteroatoms. The van der Waals surface area contributed by atoms with Gasteiger partial charge < -0.3 is 14.2 Å². The molecule has 3 aromatic rings. The standard InChI is InChI=1S/C19H20N4O2S2/c1-14(27-19-21-20-17(25-19)16-8-5-13-26-16)18(24)23-11-9-22(10-12-23)15-6-3-2-4-7-15/h2-8,13-14H,9-12H2,1H3/t14-/m0/s1. The molecule has 6 nitrogen and oxygen atoms in total. The van der Waals surface area contributed by atoms with Crippen molar-refractivity contribution in [3.05, 3.63) is 47.8 Å². The van der Waals surface area contributed by atoms with Gasteiger partial charge in [-0.05, 0) is 30.5 Å². The van der Waals surface area contributed by atoms with Crippen LogP contribution < -0.4 is 4.90 Å². The van der Waals surface area contributed by atoms with Gasteiger partial charge in [-0.1, -0.05) is 36.0 Å². The van der Waals surface area contributed by atoms with Gasteiger partial charge in [-0.25, -0.2) is 0 Å². The molecule has 3 heterocycles. The molecular weight excluding hydrogens is 380 g/mol. The zero-order chi connectivity index (χ0) is 18.6. The lowest BCUT2D eigenvalue weighted by Crippen LogP contribution is -2.50. The lowest BCUT2D eigenvalue weighted by Gasteiger charge is -2.37. The smallest absolute Gasteiger partial charge is 0.277 e. The monoisotopic (exact) mass is 400 g/mol. The SMILES string of the molecule is C[C@H](Sc1nnc(-c2cccs2)o1)C(=O)N1CCN(c2ccccc2)CC1. The number of nitrogens with zero attached hydrogens (tertiary/aromatic N) is 4. The third-order valence-corrected chi connectivity index (χ3v) is 6.26. The molecule has 0 N–H and O–H groups in total. The van der Waals surface area contributed by atoms with E-state index >= 15 is 0 Å². The molecule has 140 valence electrons. The Morgan fingerprint density at radius 3 is 2.59 bits per heavy atom. The Morgan fingerprint density at radius 1 is 1.11 bits per heavy atom. The van der Waals surface area contributed by atoms with Crippen molar-refractivity contribution in [3.8, 4) is 10.8 Å². The molecule has 27 heavy (non-hydrogen) atoms. The summed E-state index contributed by atoms with van der Waals surface area (Å²) < 4.78 is 5.68. The van der Waals surface area contributed by atoms with Crippen molar-refractivity contribution in [2.75, 3.05) is 31.1 Å². The number of piperazine rings is 1. The van der Waals surface area contributed by atoms with Crippen LogP contribution in [-0.4, -0.2) is 52.4 Å². The number of hydrogen-bond donors (Lipinski definition) is 0. The number of thiophene rings is 1. The lowest BCUT2D eigenvalue weighted by molar-refractivity contribution is -0.130. The largest absolute Gasteiger partial charge is 0.410 e. The van der Waals surface area contributed by atoms with Gasteiger partial charge in [0.1, 0.15) is 0 Å². The van der Waals surface area contributed by atoms with Crippen LogP contribution in [0.15, 0.2) is 57.5 Å². The third kappa shape index (κ3) is 4.17. The third-order valence-electron chi connectivity index (χ3n) is 4.48. The summed E-state index contributed by atoms with van der Waals surface area (Å²) in [5.74, 6) is 0.618. The normalized spacial score (nSPS) is 15.7. The summed E-state index contributed by atoms with van der Waals surface area (Å²) in [6.07, 6.45) is 0. The van der Waals surface area contributed by atoms with E-state index in [2.05, 4.69) is 27.2 Å². The number of thioether (sulfide) groups is 1. The first-order chi connectivity index (χ1) is 13.2. The number of benzene rings is 1. The van der Waals surface area contributed by atoms with Crippen molar-refractivity contribution in [2.45, 2.75) is 17.4 Å². The zero-order valence-electron chi connectivity index (χ0n) is 14.9. The Kier molecular flexibility index (Phi) is 5.45. The molecule has 4 rings (SSSR count). The topological polar surface area (TPSA) is 62.5 Å². The Bertz CT molecular complexity index is 874. The number of aromatic nitrogens is 2. The van der Waals surface area contributed by atoms with Gasteiger partial charge in [-0.2, -0.15) is 0 Å². The van der Waals surface area contributed by atoms with Crippen LogP contribution in [0.4, 0.5) is 5.69 Å². The average Bonchev–Trinajstić information content (AvgIpc) is 3.40. The summed E-state index contributed by atoms with van der Waals surface area (Å²) in [7, 11) is 0. The predicted molar refractivity (Wildman–Crippen MR) is 108 cm³/mol. The predicted octanol–water partition coefficient (Wildman–Crippen LogP) is 3.63. The minimum absolute atomic E-state index is 0.114. The highest BCUT2D eigenvalue weighted by atomic mass is 32.2. The van der Waals surface area contributed by atoms with Crippen LogP contribution in [0.1, 0.15) is 6.92 Å². The van der Waals surface area contributed by atoms with E-state index in [1.807, 2.05) is 47.5 Å². The highest BCUT2D eigenvalue weighted by Gasteiger charge is 2.27. The maximum absolute atomic E-state index is 12.8. The van der Waals surface area contributed by atoms with Gasteiger partial charge in [0, 0.05) is 31.9 Å². The molecule has 0 radical (unpaired) electrons. The maximum atomic E-state index is 12.8. The summed E-state index contributed by atoms with van der Waals surface area (Å²) in [6, 6.07) is 14.2. The first-order valence-electron chi connectivity index (χ1n) is 8.83. The fourth-order valence-corrected chi connectivity index (χ4v) is 4.45. The second-order valence-electron chi connectivity index (χ2n) is 6.26. The summed E-state index contributed by atoms with van der Waals surface area (Å²) in [5.41, 5.74) is 1.21. The van der Waals surface area contributed by atoms with E-state index < -0.39 is 0 Å². The molecule has 1 saturated heterocycles. The molecule has 0 unspecified atom stereocenters. The number of carbonyl (C=O) groups is 1. The number of carbonyl (C=O) groups excluding carboxylic acids is 1. The molecule has 2 aromatic heterocycles. The van der Waals surface area contributed by atoms with Gasteiger partial charge in [-0.3, -0.25) is 4.79 Å². The number of para-hydroxylation sites is 1. The second-order valence-corrected chi connectivity index (χ2v) is 8.50. The van der Waals surface area contributed by atoms with Crippen molar-refractivity contribution in [3.63, 3.8) is 0 Å². The van der Waals surface area contributed by atoms with E-state index in [4.69, 9.17) is 4.42 Å². The average molecular weight is 401 g/mol. The Labute approximate surface area is 166 Å². The highest BCUT2D eigenvalue weighted by molar-refractivity contribution is 8.00. The van der Waals surface area contributed by atoms with Crippen molar-refractivity contribution in [2.24, 2.45) is 0 Å². The zero-order valence-corrected chi connectivity index (χ0v) is 16.6. The molecule has 1 fully saturated rings. The molecule has 0 saturated carbocycles. The van der Waals surface area contributed by atoms with Gasteiger partial charge in [0.25, 0.3) is 11.1 Å². The van der Waals surface area contributed by atoms with Crippen LogP contribution in [-0.2, 0) is 4.79 Å². The fraction of sp³-hybridized carbons (Fsp3) is 0.316. The molecule has 1 aromatic carbocycles. The maximum Gasteiger partial charge on any atom is 0.277 e. The first kappa shape index (κ1) is 18.1. The van der Waals surface area contributed by atoms with E-state index in [-0.39, 0.29) is 11.2 Å². The Balaban J connectivity index is 1.32. The molecular formula is C19H20N4O2S2. The van der Waals surface area contributed by atoms with Crippen molar-refractivity contribution in [1.82, 2.24) is 15.1 Å². The lowest BCUT2D eigenvalue weighted by atomic mass is 10.2. The van der Waals surface area contributed by atoms with Crippen LogP contribution >= 0.6 is 23.1 Å². The van der Waals surface area contributed by atoms with E-state index in [0.29, 0.717) is 11.1 Å². The van der Waals surface area contributed by atoms with Crippen molar-refractivity contribution in [1.29, 1.82) is 0 Å². The summed E-state index contributed by atoms with van der Waals surface area (Å²) in [5, 5.41) is 10.3. The van der Waals surface area contributed by atoms with Gasteiger partial charge in [-0.15, -0.1) is 21.5 Å². The molecule has 0 bridgehead atoms. The summed E-state index contributed by atoms with van der Waals surface area (Å²) >= 11 is 2.87. The minimum atomic E-state index is -0.259.